The number of rotatable bonds is 5. The molecule has 1 aliphatic rings. The third-order valence-electron chi connectivity index (χ3n) is 4.36. The van der Waals surface area contributed by atoms with E-state index in [-0.39, 0.29) is 0 Å². The van der Waals surface area contributed by atoms with Crippen LogP contribution in [0.1, 0.15) is 24.8 Å². The molecule has 2 aromatic rings. The van der Waals surface area contributed by atoms with Gasteiger partial charge < -0.3 is 14.4 Å². The third kappa shape index (κ3) is 3.88. The van der Waals surface area contributed by atoms with E-state index in [4.69, 9.17) is 9.47 Å². The Hall–Kier alpha value is -2.49. The lowest BCUT2D eigenvalue weighted by atomic mass is 10.1. The highest BCUT2D eigenvalue weighted by Gasteiger charge is 2.12. The summed E-state index contributed by atoms with van der Waals surface area (Å²) in [7, 11) is 3.37. The summed E-state index contributed by atoms with van der Waals surface area (Å²) in [6.45, 7) is 2.25. The monoisotopic (exact) mass is 324 g/mol. The molecular formula is C20H24N2O2. The Kier molecular flexibility index (Phi) is 5.36. The highest BCUT2D eigenvalue weighted by molar-refractivity contribution is 5.86. The fraction of sp³-hybridized carbons (Fsp3) is 0.350. The predicted molar refractivity (Wildman–Crippen MR) is 99.3 cm³/mol. The number of ether oxygens (including phenoxy) is 2. The molecule has 0 saturated carbocycles. The fourth-order valence-corrected chi connectivity index (χ4v) is 2.97. The van der Waals surface area contributed by atoms with Crippen molar-refractivity contribution in [1.29, 1.82) is 0 Å². The number of hydrogen-bond acceptors (Lipinski definition) is 4. The highest BCUT2D eigenvalue weighted by Crippen LogP contribution is 2.27. The molecule has 3 rings (SSSR count). The van der Waals surface area contributed by atoms with Crippen LogP contribution >= 0.6 is 0 Å². The van der Waals surface area contributed by atoms with Gasteiger partial charge in [-0.2, -0.15) is 0 Å². The van der Waals surface area contributed by atoms with Crippen molar-refractivity contribution >= 4 is 17.6 Å². The molecule has 0 bridgehead atoms. The molecule has 0 aliphatic carbocycles. The maximum atomic E-state index is 5.56. The van der Waals surface area contributed by atoms with Crippen molar-refractivity contribution in [3.63, 3.8) is 0 Å². The summed E-state index contributed by atoms with van der Waals surface area (Å²) >= 11 is 0. The molecule has 0 N–H and O–H groups in total. The van der Waals surface area contributed by atoms with Crippen LogP contribution in [0.3, 0.4) is 0 Å². The van der Waals surface area contributed by atoms with Crippen LogP contribution in [0, 0.1) is 0 Å². The van der Waals surface area contributed by atoms with Gasteiger partial charge in [0, 0.05) is 36.6 Å². The maximum Gasteiger partial charge on any atom is 0.129 e. The maximum absolute atomic E-state index is 5.56. The Balaban J connectivity index is 1.77. The van der Waals surface area contributed by atoms with E-state index in [1.54, 1.807) is 14.2 Å². The van der Waals surface area contributed by atoms with Gasteiger partial charge in [-0.15, -0.1) is 0 Å². The molecule has 0 amide bonds. The SMILES string of the molecule is COc1ccc(N=Cc2ccc(N3CCCCC3)cc2OC)cc1. The van der Waals surface area contributed by atoms with E-state index in [1.165, 1.54) is 24.9 Å². The van der Waals surface area contributed by atoms with Gasteiger partial charge in [-0.3, -0.25) is 4.99 Å². The molecular weight excluding hydrogens is 300 g/mol. The molecule has 0 aromatic heterocycles. The van der Waals surface area contributed by atoms with Crippen molar-refractivity contribution in [3.8, 4) is 11.5 Å². The van der Waals surface area contributed by atoms with Gasteiger partial charge in [0.1, 0.15) is 11.5 Å². The number of anilines is 1. The van der Waals surface area contributed by atoms with E-state index in [0.717, 1.165) is 35.8 Å². The molecule has 2 aromatic carbocycles. The normalized spacial score (nSPS) is 14.8. The van der Waals surface area contributed by atoms with Crippen molar-refractivity contribution < 1.29 is 9.47 Å². The van der Waals surface area contributed by atoms with Crippen molar-refractivity contribution in [3.05, 3.63) is 48.0 Å². The minimum atomic E-state index is 0.831. The van der Waals surface area contributed by atoms with E-state index in [1.807, 2.05) is 30.5 Å². The Bertz CT molecular complexity index is 689. The number of hydrogen-bond donors (Lipinski definition) is 0. The summed E-state index contributed by atoms with van der Waals surface area (Å²) in [5, 5.41) is 0. The van der Waals surface area contributed by atoms with Crippen molar-refractivity contribution in [2.45, 2.75) is 19.3 Å². The molecule has 4 heteroatoms. The Labute approximate surface area is 143 Å². The largest absolute Gasteiger partial charge is 0.497 e. The van der Waals surface area contributed by atoms with Gasteiger partial charge in [0.2, 0.25) is 0 Å². The second-order valence-electron chi connectivity index (χ2n) is 5.93. The second kappa shape index (κ2) is 7.86. The Morgan fingerprint density at radius 3 is 2.33 bits per heavy atom. The molecule has 0 unspecified atom stereocenters. The Morgan fingerprint density at radius 2 is 1.67 bits per heavy atom. The summed E-state index contributed by atoms with van der Waals surface area (Å²) in [6, 6.07) is 14.0. The van der Waals surface area contributed by atoms with Crippen LogP contribution in [0.2, 0.25) is 0 Å². The van der Waals surface area contributed by atoms with Gasteiger partial charge in [-0.1, -0.05) is 0 Å². The molecule has 1 saturated heterocycles. The second-order valence-corrected chi connectivity index (χ2v) is 5.93. The first-order valence-electron chi connectivity index (χ1n) is 8.41. The molecule has 126 valence electrons. The average molecular weight is 324 g/mol. The van der Waals surface area contributed by atoms with Crippen LogP contribution < -0.4 is 14.4 Å². The Morgan fingerprint density at radius 1 is 0.917 bits per heavy atom. The zero-order valence-electron chi connectivity index (χ0n) is 14.4. The van der Waals surface area contributed by atoms with Crippen LogP contribution in [-0.4, -0.2) is 33.5 Å². The van der Waals surface area contributed by atoms with E-state index in [2.05, 4.69) is 28.1 Å². The summed E-state index contributed by atoms with van der Waals surface area (Å²) in [4.78, 5) is 6.96. The fourth-order valence-electron chi connectivity index (χ4n) is 2.97. The first-order chi connectivity index (χ1) is 11.8. The van der Waals surface area contributed by atoms with Crippen molar-refractivity contribution in [1.82, 2.24) is 0 Å². The average Bonchev–Trinajstić information content (AvgIpc) is 2.67. The molecule has 0 atom stereocenters. The van der Waals surface area contributed by atoms with Gasteiger partial charge in [-0.25, -0.2) is 0 Å². The standard InChI is InChI=1S/C20H24N2O2/c1-23-19-10-7-17(8-11-19)21-15-16-6-9-18(14-20(16)24-2)22-12-4-3-5-13-22/h6-11,14-15H,3-5,12-13H2,1-2H3. The first-order valence-corrected chi connectivity index (χ1v) is 8.41. The summed E-state index contributed by atoms with van der Waals surface area (Å²) in [5.74, 6) is 1.69. The molecule has 1 heterocycles. The summed E-state index contributed by atoms with van der Waals surface area (Å²) in [5.41, 5.74) is 3.10. The lowest BCUT2D eigenvalue weighted by Gasteiger charge is -2.29. The molecule has 0 radical (unpaired) electrons. The van der Waals surface area contributed by atoms with E-state index >= 15 is 0 Å². The molecule has 24 heavy (non-hydrogen) atoms. The van der Waals surface area contributed by atoms with Gasteiger partial charge in [-0.05, 0) is 55.7 Å². The van der Waals surface area contributed by atoms with Gasteiger partial charge in [0.05, 0.1) is 19.9 Å². The minimum Gasteiger partial charge on any atom is -0.497 e. The number of nitrogens with zero attached hydrogens (tertiary/aromatic N) is 2. The van der Waals surface area contributed by atoms with Crippen molar-refractivity contribution in [2.75, 3.05) is 32.2 Å². The zero-order valence-corrected chi connectivity index (χ0v) is 14.4. The number of piperidine rings is 1. The lowest BCUT2D eigenvalue weighted by molar-refractivity contribution is 0.414. The van der Waals surface area contributed by atoms with Crippen LogP contribution in [0.25, 0.3) is 0 Å². The summed E-state index contributed by atoms with van der Waals surface area (Å²) < 4.78 is 10.7. The molecule has 1 aliphatic heterocycles. The van der Waals surface area contributed by atoms with E-state index in [9.17, 15) is 0 Å². The highest BCUT2D eigenvalue weighted by atomic mass is 16.5. The van der Waals surface area contributed by atoms with Gasteiger partial charge >= 0.3 is 0 Å². The van der Waals surface area contributed by atoms with Crippen LogP contribution in [0.15, 0.2) is 47.5 Å². The number of methoxy groups -OCH3 is 2. The first kappa shape index (κ1) is 16.4. The zero-order chi connectivity index (χ0) is 16.8. The van der Waals surface area contributed by atoms with Crippen LogP contribution in [-0.2, 0) is 0 Å². The number of benzene rings is 2. The molecule has 4 nitrogen and oxygen atoms in total. The molecule has 0 spiro atoms. The molecule has 1 fully saturated rings. The smallest absolute Gasteiger partial charge is 0.129 e. The predicted octanol–water partition coefficient (Wildman–Crippen LogP) is 4.44. The van der Waals surface area contributed by atoms with E-state index < -0.39 is 0 Å². The van der Waals surface area contributed by atoms with Crippen LogP contribution in [0.5, 0.6) is 11.5 Å². The van der Waals surface area contributed by atoms with Gasteiger partial charge in [0.15, 0.2) is 0 Å². The quantitative estimate of drug-likeness (QED) is 0.762. The minimum absolute atomic E-state index is 0.831. The van der Waals surface area contributed by atoms with Crippen LogP contribution in [0.4, 0.5) is 11.4 Å². The van der Waals surface area contributed by atoms with Crippen molar-refractivity contribution in [2.24, 2.45) is 4.99 Å². The third-order valence-corrected chi connectivity index (χ3v) is 4.36. The summed E-state index contributed by atoms with van der Waals surface area (Å²) in [6.07, 6.45) is 5.72. The number of aliphatic imine (C=N–C) groups is 1. The van der Waals surface area contributed by atoms with Gasteiger partial charge in [0.25, 0.3) is 0 Å². The topological polar surface area (TPSA) is 34.1 Å². The lowest BCUT2D eigenvalue weighted by Crippen LogP contribution is -2.29. The van der Waals surface area contributed by atoms with E-state index in [0.29, 0.717) is 0 Å².